The maximum atomic E-state index is 13.7. The molecule has 0 aliphatic carbocycles. The smallest absolute Gasteiger partial charge is 0.387 e. The number of ether oxygens (including phenoxy) is 2. The second-order valence-corrected chi connectivity index (χ2v) is 4.32. The maximum absolute atomic E-state index is 13.7. The van der Waals surface area contributed by atoms with Gasteiger partial charge in [0, 0.05) is 0 Å². The zero-order valence-corrected chi connectivity index (χ0v) is 11.2. The van der Waals surface area contributed by atoms with Crippen molar-refractivity contribution in [3.63, 3.8) is 0 Å². The summed E-state index contributed by atoms with van der Waals surface area (Å²) >= 11 is 0. The highest BCUT2D eigenvalue weighted by molar-refractivity contribution is 5.39. The van der Waals surface area contributed by atoms with Gasteiger partial charge in [0.25, 0.3) is 0 Å². The average Bonchev–Trinajstić information content (AvgIpc) is 2.46. The third kappa shape index (κ3) is 3.66. The fraction of sp³-hybridized carbons (Fsp3) is 0.200. The van der Waals surface area contributed by atoms with E-state index in [4.69, 9.17) is 10.5 Å². The second-order valence-electron chi connectivity index (χ2n) is 4.32. The lowest BCUT2D eigenvalue weighted by Gasteiger charge is -2.15. The fourth-order valence-electron chi connectivity index (χ4n) is 1.95. The molecule has 2 aromatic rings. The molecule has 1 unspecified atom stereocenters. The molecule has 0 heterocycles. The van der Waals surface area contributed by atoms with Crippen LogP contribution in [0.25, 0.3) is 0 Å². The Balaban J connectivity index is 2.27. The normalized spacial score (nSPS) is 12.3. The van der Waals surface area contributed by atoms with Gasteiger partial charge in [0.15, 0.2) is 11.6 Å². The summed E-state index contributed by atoms with van der Waals surface area (Å²) in [6.07, 6.45) is 0. The van der Waals surface area contributed by atoms with E-state index >= 15 is 0 Å². The van der Waals surface area contributed by atoms with E-state index in [1.165, 1.54) is 31.4 Å². The minimum atomic E-state index is -2.91. The third-order valence-corrected chi connectivity index (χ3v) is 2.98. The molecule has 0 bridgehead atoms. The molecule has 6 heteroatoms. The van der Waals surface area contributed by atoms with Crippen molar-refractivity contribution in [3.05, 3.63) is 59.4 Å². The molecule has 0 fully saturated rings. The van der Waals surface area contributed by atoms with Gasteiger partial charge in [-0.2, -0.15) is 8.78 Å². The van der Waals surface area contributed by atoms with Crippen molar-refractivity contribution in [3.8, 4) is 11.5 Å². The van der Waals surface area contributed by atoms with Crippen LogP contribution in [0.15, 0.2) is 42.5 Å². The number of methoxy groups -OCH3 is 1. The quantitative estimate of drug-likeness (QED) is 0.919. The van der Waals surface area contributed by atoms with Crippen LogP contribution >= 0.6 is 0 Å². The molecule has 0 spiro atoms. The summed E-state index contributed by atoms with van der Waals surface area (Å²) in [4.78, 5) is 0. The Morgan fingerprint density at radius 1 is 1.05 bits per heavy atom. The van der Waals surface area contributed by atoms with Gasteiger partial charge in [0.1, 0.15) is 5.75 Å². The van der Waals surface area contributed by atoms with Gasteiger partial charge in [-0.3, -0.25) is 0 Å². The van der Waals surface area contributed by atoms with Crippen molar-refractivity contribution in [2.45, 2.75) is 12.7 Å². The lowest BCUT2D eigenvalue weighted by atomic mass is 9.99. The molecule has 0 amide bonds. The van der Waals surface area contributed by atoms with Gasteiger partial charge >= 0.3 is 6.61 Å². The number of halogens is 3. The van der Waals surface area contributed by atoms with Crippen molar-refractivity contribution >= 4 is 0 Å². The number of hydrogen-bond acceptors (Lipinski definition) is 3. The van der Waals surface area contributed by atoms with Crippen molar-refractivity contribution in [1.82, 2.24) is 0 Å². The standard InChI is InChI=1S/C15H14F3NO2/c1-20-13-6-5-10(8-12(13)16)14(19)9-3-2-4-11(7-9)21-15(17)18/h2-8,14-15H,19H2,1H3. The molecule has 112 valence electrons. The Labute approximate surface area is 120 Å². The van der Waals surface area contributed by atoms with Gasteiger partial charge in [-0.25, -0.2) is 4.39 Å². The van der Waals surface area contributed by atoms with E-state index in [1.54, 1.807) is 18.2 Å². The number of alkyl halides is 2. The van der Waals surface area contributed by atoms with Crippen LogP contribution in [0.3, 0.4) is 0 Å². The number of rotatable bonds is 5. The van der Waals surface area contributed by atoms with E-state index in [-0.39, 0.29) is 11.5 Å². The molecule has 3 nitrogen and oxygen atoms in total. The first-order chi connectivity index (χ1) is 10.0. The van der Waals surface area contributed by atoms with Crippen LogP contribution in [0.2, 0.25) is 0 Å². The molecular formula is C15H14F3NO2. The minimum Gasteiger partial charge on any atom is -0.494 e. The lowest BCUT2D eigenvalue weighted by Crippen LogP contribution is -2.12. The molecule has 0 saturated carbocycles. The Morgan fingerprint density at radius 3 is 2.38 bits per heavy atom. The van der Waals surface area contributed by atoms with Gasteiger partial charge in [-0.1, -0.05) is 18.2 Å². The molecule has 2 aromatic carbocycles. The number of hydrogen-bond donors (Lipinski definition) is 1. The first-order valence-electron chi connectivity index (χ1n) is 6.15. The van der Waals surface area contributed by atoms with Gasteiger partial charge in [0.2, 0.25) is 0 Å². The Hall–Kier alpha value is -2.21. The van der Waals surface area contributed by atoms with E-state index in [9.17, 15) is 13.2 Å². The predicted molar refractivity (Wildman–Crippen MR) is 72.1 cm³/mol. The van der Waals surface area contributed by atoms with E-state index in [0.717, 1.165) is 0 Å². The molecule has 1 atom stereocenters. The maximum Gasteiger partial charge on any atom is 0.387 e. The monoisotopic (exact) mass is 297 g/mol. The van der Waals surface area contributed by atoms with Crippen molar-refractivity contribution in [1.29, 1.82) is 0 Å². The van der Waals surface area contributed by atoms with Gasteiger partial charge in [-0.05, 0) is 35.4 Å². The number of nitrogens with two attached hydrogens (primary N) is 1. The van der Waals surface area contributed by atoms with E-state index < -0.39 is 18.5 Å². The summed E-state index contributed by atoms with van der Waals surface area (Å²) in [5.74, 6) is -0.418. The van der Waals surface area contributed by atoms with Crippen LogP contribution in [0.5, 0.6) is 11.5 Å². The molecule has 0 aromatic heterocycles. The van der Waals surface area contributed by atoms with Crippen LogP contribution in [0.4, 0.5) is 13.2 Å². The zero-order chi connectivity index (χ0) is 15.4. The first-order valence-corrected chi connectivity index (χ1v) is 6.15. The summed E-state index contributed by atoms with van der Waals surface area (Å²) in [5, 5.41) is 0. The molecular weight excluding hydrogens is 283 g/mol. The summed E-state index contributed by atoms with van der Waals surface area (Å²) in [7, 11) is 1.36. The van der Waals surface area contributed by atoms with Crippen molar-refractivity contribution in [2.24, 2.45) is 5.73 Å². The van der Waals surface area contributed by atoms with E-state index in [1.807, 2.05) is 0 Å². The molecule has 0 aliphatic rings. The highest BCUT2D eigenvalue weighted by atomic mass is 19.3. The lowest BCUT2D eigenvalue weighted by molar-refractivity contribution is -0.0498. The Kier molecular flexibility index (Phi) is 4.70. The molecule has 2 N–H and O–H groups in total. The minimum absolute atomic E-state index is 0.00642. The molecule has 0 saturated heterocycles. The van der Waals surface area contributed by atoms with Gasteiger partial charge in [0.05, 0.1) is 13.2 Å². The van der Waals surface area contributed by atoms with Gasteiger partial charge in [-0.15, -0.1) is 0 Å². The van der Waals surface area contributed by atoms with Crippen molar-refractivity contribution in [2.75, 3.05) is 7.11 Å². The second kappa shape index (κ2) is 6.49. The average molecular weight is 297 g/mol. The zero-order valence-electron chi connectivity index (χ0n) is 11.2. The third-order valence-electron chi connectivity index (χ3n) is 2.98. The molecule has 2 rings (SSSR count). The Bertz CT molecular complexity index is 620. The predicted octanol–water partition coefficient (Wildman–Crippen LogP) is 3.48. The first kappa shape index (κ1) is 15.2. The van der Waals surface area contributed by atoms with Crippen LogP contribution in [-0.2, 0) is 0 Å². The van der Waals surface area contributed by atoms with Crippen molar-refractivity contribution < 1.29 is 22.6 Å². The topological polar surface area (TPSA) is 44.5 Å². The summed E-state index contributed by atoms with van der Waals surface area (Å²) < 4.78 is 47.2. The largest absolute Gasteiger partial charge is 0.494 e. The number of benzene rings is 2. The Morgan fingerprint density at radius 2 is 1.76 bits per heavy atom. The van der Waals surface area contributed by atoms with Crippen LogP contribution in [-0.4, -0.2) is 13.7 Å². The fourth-order valence-corrected chi connectivity index (χ4v) is 1.95. The molecule has 21 heavy (non-hydrogen) atoms. The van der Waals surface area contributed by atoms with E-state index in [2.05, 4.69) is 4.74 Å². The summed E-state index contributed by atoms with van der Waals surface area (Å²) in [6.45, 7) is -2.91. The van der Waals surface area contributed by atoms with Gasteiger partial charge < -0.3 is 15.2 Å². The van der Waals surface area contributed by atoms with Crippen LogP contribution < -0.4 is 15.2 Å². The molecule has 0 aliphatic heterocycles. The SMILES string of the molecule is COc1ccc(C(N)c2cccc(OC(F)F)c2)cc1F. The highest BCUT2D eigenvalue weighted by Crippen LogP contribution is 2.27. The van der Waals surface area contributed by atoms with Crippen LogP contribution in [0, 0.1) is 5.82 Å². The highest BCUT2D eigenvalue weighted by Gasteiger charge is 2.13. The van der Waals surface area contributed by atoms with Crippen LogP contribution in [0.1, 0.15) is 17.2 Å². The summed E-state index contributed by atoms with van der Waals surface area (Å²) in [6, 6.07) is 9.68. The summed E-state index contributed by atoms with van der Waals surface area (Å²) in [5.41, 5.74) is 7.07. The van der Waals surface area contributed by atoms with E-state index in [0.29, 0.717) is 11.1 Å². The molecule has 0 radical (unpaired) electrons.